The van der Waals surface area contributed by atoms with E-state index in [2.05, 4.69) is 41.5 Å². The van der Waals surface area contributed by atoms with Crippen LogP contribution in [0.1, 0.15) is 459 Å². The average Bonchev–Trinajstić information content (AvgIpc) is 0.909. The number of phosphoric acid groups is 2. The standard InChI is InChI=1S/C86H168O17P2/c1-7-9-11-13-15-17-19-21-23-25-26-27-28-29-30-32-34-39-45-52-58-64-70-85(90)102-81(74-96-83(88)68-62-56-50-44-38-33-31-24-22-20-18-16-14-12-10-8-2)76-100-104(92,93)98-72-80(87)73-99-105(94,95)101-77-82(75-97-84(89)69-63-57-51-47-41-43-49-55-61-67-79(5)6)103-86(91)71-65-59-53-46-40-36-35-37-42-48-54-60-66-78(3)4/h78-82,87H,7-77H2,1-6H3,(H,92,93)(H,94,95)/t80-,81-,82-/m1/s1. The summed E-state index contributed by atoms with van der Waals surface area (Å²) in [6.45, 7) is 9.66. The summed E-state index contributed by atoms with van der Waals surface area (Å²) in [5.74, 6) is -0.582. The van der Waals surface area contributed by atoms with Gasteiger partial charge in [0.1, 0.15) is 19.3 Å². The number of unbranched alkanes of at least 4 members (excludes halogenated alkanes) is 55. The minimum atomic E-state index is -4.97. The lowest BCUT2D eigenvalue weighted by Crippen LogP contribution is -2.30. The number of carbonyl (C=O) groups excluding carboxylic acids is 4. The summed E-state index contributed by atoms with van der Waals surface area (Å²) in [6.07, 6.45) is 69.5. The second kappa shape index (κ2) is 77.4. The third-order valence-corrected chi connectivity index (χ3v) is 22.1. The Labute approximate surface area is 645 Å². The average molecular weight is 1540 g/mol. The Kier molecular flexibility index (Phi) is 76.0. The van der Waals surface area contributed by atoms with E-state index >= 15 is 0 Å². The fourth-order valence-electron chi connectivity index (χ4n) is 13.4. The van der Waals surface area contributed by atoms with Gasteiger partial charge in [0, 0.05) is 25.7 Å². The van der Waals surface area contributed by atoms with Crippen LogP contribution >= 0.6 is 15.6 Å². The van der Waals surface area contributed by atoms with Crippen molar-refractivity contribution in [2.24, 2.45) is 11.8 Å². The van der Waals surface area contributed by atoms with Gasteiger partial charge < -0.3 is 33.8 Å². The van der Waals surface area contributed by atoms with E-state index in [1.54, 1.807) is 0 Å². The van der Waals surface area contributed by atoms with Crippen LogP contribution < -0.4 is 0 Å². The van der Waals surface area contributed by atoms with Gasteiger partial charge in [0.05, 0.1) is 26.4 Å². The Bertz CT molecular complexity index is 2010. The lowest BCUT2D eigenvalue weighted by Gasteiger charge is -2.21. The molecule has 0 spiro atoms. The fourth-order valence-corrected chi connectivity index (χ4v) is 15.0. The maximum absolute atomic E-state index is 13.1. The number of rotatable bonds is 85. The summed E-state index contributed by atoms with van der Waals surface area (Å²) in [5.41, 5.74) is 0. The van der Waals surface area contributed by atoms with Crippen LogP contribution in [0.15, 0.2) is 0 Å². The summed E-state index contributed by atoms with van der Waals surface area (Å²) in [7, 11) is -9.93. The zero-order valence-corrected chi connectivity index (χ0v) is 70.8. The van der Waals surface area contributed by atoms with Gasteiger partial charge in [0.2, 0.25) is 0 Å². The van der Waals surface area contributed by atoms with Gasteiger partial charge in [-0.1, -0.05) is 408 Å². The molecular formula is C86H168O17P2. The zero-order valence-electron chi connectivity index (χ0n) is 69.0. The highest BCUT2D eigenvalue weighted by molar-refractivity contribution is 7.47. The van der Waals surface area contributed by atoms with Crippen molar-refractivity contribution in [3.8, 4) is 0 Å². The summed E-state index contributed by atoms with van der Waals surface area (Å²) in [4.78, 5) is 73.2. The van der Waals surface area contributed by atoms with Gasteiger partial charge in [0.25, 0.3) is 0 Å². The number of hydrogen-bond donors (Lipinski definition) is 3. The molecule has 3 N–H and O–H groups in total. The first-order valence-electron chi connectivity index (χ1n) is 44.5. The van der Waals surface area contributed by atoms with E-state index in [0.29, 0.717) is 25.7 Å². The predicted molar refractivity (Wildman–Crippen MR) is 432 cm³/mol. The second-order valence-electron chi connectivity index (χ2n) is 31.9. The number of hydrogen-bond acceptors (Lipinski definition) is 15. The third-order valence-electron chi connectivity index (χ3n) is 20.2. The Morgan fingerprint density at radius 2 is 0.438 bits per heavy atom. The zero-order chi connectivity index (χ0) is 77.1. The van der Waals surface area contributed by atoms with Crippen LogP contribution in [-0.2, 0) is 65.4 Å². The molecule has 19 heteroatoms. The van der Waals surface area contributed by atoms with Crippen molar-refractivity contribution in [2.75, 3.05) is 39.6 Å². The van der Waals surface area contributed by atoms with E-state index in [9.17, 15) is 43.2 Å². The molecule has 0 radical (unpaired) electrons. The molecule has 0 rings (SSSR count). The van der Waals surface area contributed by atoms with Crippen LogP contribution in [0.5, 0.6) is 0 Å². The SMILES string of the molecule is CCCCCCCCCCCCCCCCCCCCCCCCC(=O)O[C@H](COC(=O)CCCCCCCCCCCCCCCCCC)COP(=O)(O)OC[C@@H](O)COP(=O)(O)OC[C@@H](COC(=O)CCCCCCCCCCCC(C)C)OC(=O)CCCCCCCCCCCCCCC(C)C. The molecule has 0 saturated heterocycles. The van der Waals surface area contributed by atoms with Crippen molar-refractivity contribution in [1.29, 1.82) is 0 Å². The first-order valence-corrected chi connectivity index (χ1v) is 47.5. The van der Waals surface area contributed by atoms with E-state index in [1.807, 2.05) is 0 Å². The molecule has 0 aromatic carbocycles. The molecule has 17 nitrogen and oxygen atoms in total. The third kappa shape index (κ3) is 79.9. The molecular weight excluding hydrogens is 1370 g/mol. The molecule has 624 valence electrons. The molecule has 0 fully saturated rings. The van der Waals surface area contributed by atoms with Gasteiger partial charge >= 0.3 is 39.5 Å². The topological polar surface area (TPSA) is 237 Å². The minimum absolute atomic E-state index is 0.107. The van der Waals surface area contributed by atoms with Gasteiger partial charge in [-0.05, 0) is 37.5 Å². The highest BCUT2D eigenvalue weighted by Crippen LogP contribution is 2.45. The van der Waals surface area contributed by atoms with Crippen molar-refractivity contribution >= 4 is 39.5 Å². The van der Waals surface area contributed by atoms with E-state index in [1.165, 1.54) is 276 Å². The smallest absolute Gasteiger partial charge is 0.462 e. The number of phosphoric ester groups is 2. The summed E-state index contributed by atoms with van der Waals surface area (Å²) >= 11 is 0. The second-order valence-corrected chi connectivity index (χ2v) is 34.8. The van der Waals surface area contributed by atoms with Crippen LogP contribution in [0.3, 0.4) is 0 Å². The Hall–Kier alpha value is -1.94. The van der Waals surface area contributed by atoms with Crippen molar-refractivity contribution in [3.63, 3.8) is 0 Å². The van der Waals surface area contributed by atoms with Crippen molar-refractivity contribution in [1.82, 2.24) is 0 Å². The summed E-state index contributed by atoms with van der Waals surface area (Å²) < 4.78 is 68.9. The quantitative estimate of drug-likeness (QED) is 0.0222. The Morgan fingerprint density at radius 1 is 0.257 bits per heavy atom. The van der Waals surface area contributed by atoms with Gasteiger partial charge in [-0.25, -0.2) is 9.13 Å². The maximum Gasteiger partial charge on any atom is 0.472 e. The number of esters is 4. The summed E-state index contributed by atoms with van der Waals surface area (Å²) in [5, 5.41) is 10.7. The molecule has 2 unspecified atom stereocenters. The normalized spacial score (nSPS) is 13.8. The highest BCUT2D eigenvalue weighted by atomic mass is 31.2. The molecule has 0 aromatic rings. The van der Waals surface area contributed by atoms with Gasteiger partial charge in [-0.3, -0.25) is 37.3 Å². The Balaban J connectivity index is 5.24. The van der Waals surface area contributed by atoms with Crippen LogP contribution in [0.2, 0.25) is 0 Å². The number of aliphatic hydroxyl groups is 1. The van der Waals surface area contributed by atoms with Crippen LogP contribution in [0.25, 0.3) is 0 Å². The van der Waals surface area contributed by atoms with Crippen LogP contribution in [-0.4, -0.2) is 96.7 Å². The fraction of sp³-hybridized carbons (Fsp3) is 0.953. The monoisotopic (exact) mass is 1540 g/mol. The molecule has 0 bridgehead atoms. The first kappa shape index (κ1) is 103. The molecule has 0 aliphatic heterocycles. The minimum Gasteiger partial charge on any atom is -0.462 e. The largest absolute Gasteiger partial charge is 0.472 e. The van der Waals surface area contributed by atoms with E-state index in [4.69, 9.17) is 37.0 Å². The Morgan fingerprint density at radius 3 is 0.648 bits per heavy atom. The molecule has 105 heavy (non-hydrogen) atoms. The van der Waals surface area contributed by atoms with Crippen LogP contribution in [0, 0.1) is 11.8 Å². The molecule has 0 aromatic heterocycles. The lowest BCUT2D eigenvalue weighted by atomic mass is 10.0. The highest BCUT2D eigenvalue weighted by Gasteiger charge is 2.30. The predicted octanol–water partition coefficient (Wildman–Crippen LogP) is 26.2. The lowest BCUT2D eigenvalue weighted by molar-refractivity contribution is -0.161. The van der Waals surface area contributed by atoms with E-state index in [0.717, 1.165) is 102 Å². The van der Waals surface area contributed by atoms with Crippen molar-refractivity contribution in [2.45, 2.75) is 477 Å². The number of aliphatic hydroxyl groups excluding tert-OH is 1. The van der Waals surface area contributed by atoms with E-state index < -0.39 is 97.5 Å². The van der Waals surface area contributed by atoms with Crippen LogP contribution in [0.4, 0.5) is 0 Å². The number of carbonyl (C=O) groups is 4. The molecule has 5 atom stereocenters. The summed E-state index contributed by atoms with van der Waals surface area (Å²) in [6, 6.07) is 0. The van der Waals surface area contributed by atoms with Crippen molar-refractivity contribution < 1.29 is 80.2 Å². The van der Waals surface area contributed by atoms with Gasteiger partial charge in [-0.2, -0.15) is 0 Å². The first-order chi connectivity index (χ1) is 50.9. The molecule has 0 amide bonds. The molecule has 0 heterocycles. The van der Waals surface area contributed by atoms with E-state index in [-0.39, 0.29) is 25.7 Å². The molecule has 0 saturated carbocycles. The van der Waals surface area contributed by atoms with Gasteiger partial charge in [-0.15, -0.1) is 0 Å². The maximum atomic E-state index is 13.1. The van der Waals surface area contributed by atoms with Gasteiger partial charge in [0.15, 0.2) is 12.2 Å². The molecule has 0 aliphatic rings. The number of ether oxygens (including phenoxy) is 4. The van der Waals surface area contributed by atoms with Crippen molar-refractivity contribution in [3.05, 3.63) is 0 Å². The molecule has 0 aliphatic carbocycles.